The summed E-state index contributed by atoms with van der Waals surface area (Å²) in [5, 5.41) is 9.94. The minimum absolute atomic E-state index is 0.295. The van der Waals surface area contributed by atoms with Crippen LogP contribution in [0.4, 0.5) is 0 Å². The summed E-state index contributed by atoms with van der Waals surface area (Å²) in [6, 6.07) is 4.77. The summed E-state index contributed by atoms with van der Waals surface area (Å²) >= 11 is 5.83. The fraction of sp³-hybridized carbons (Fsp3) is 0.500. The molecule has 0 bridgehead atoms. The molecule has 0 saturated carbocycles. The molecule has 6 heteroatoms. The third-order valence-electron chi connectivity index (χ3n) is 3.18. The van der Waals surface area contributed by atoms with Crippen molar-refractivity contribution in [1.82, 2.24) is 4.31 Å². The highest BCUT2D eigenvalue weighted by atomic mass is 35.5. The van der Waals surface area contributed by atoms with Crippen molar-refractivity contribution >= 4 is 21.6 Å². The summed E-state index contributed by atoms with van der Waals surface area (Å²) < 4.78 is 26.3. The molecule has 4 nitrogen and oxygen atoms in total. The first-order valence-corrected chi connectivity index (χ1v) is 7.67. The van der Waals surface area contributed by atoms with Crippen molar-refractivity contribution < 1.29 is 13.5 Å². The minimum atomic E-state index is -3.47. The van der Waals surface area contributed by atoms with Crippen molar-refractivity contribution in [1.29, 1.82) is 0 Å². The van der Waals surface area contributed by atoms with E-state index in [1.54, 1.807) is 19.1 Å². The van der Waals surface area contributed by atoms with Crippen molar-refractivity contribution in [2.24, 2.45) is 0 Å². The molecule has 0 aromatic heterocycles. The van der Waals surface area contributed by atoms with Gasteiger partial charge in [0.1, 0.15) is 0 Å². The summed E-state index contributed by atoms with van der Waals surface area (Å²) in [6.07, 6.45) is 0.598. The SMILES string of the molecule is Cc1cc(Cl)ccc1S(=O)(=O)N1CCC(O)CC1. The predicted molar refractivity (Wildman–Crippen MR) is 70.2 cm³/mol. The molecule has 100 valence electrons. The molecule has 0 unspecified atom stereocenters. The first-order chi connectivity index (χ1) is 8.41. The second kappa shape index (κ2) is 5.17. The van der Waals surface area contributed by atoms with Gasteiger partial charge in [0.05, 0.1) is 11.0 Å². The fourth-order valence-corrected chi connectivity index (χ4v) is 4.03. The molecule has 0 radical (unpaired) electrons. The monoisotopic (exact) mass is 289 g/mol. The summed E-state index contributed by atoms with van der Waals surface area (Å²) in [5.74, 6) is 0. The molecule has 18 heavy (non-hydrogen) atoms. The highest BCUT2D eigenvalue weighted by molar-refractivity contribution is 7.89. The largest absolute Gasteiger partial charge is 0.393 e. The van der Waals surface area contributed by atoms with Gasteiger partial charge in [-0.25, -0.2) is 8.42 Å². The molecule has 1 fully saturated rings. The van der Waals surface area contributed by atoms with E-state index in [2.05, 4.69) is 0 Å². The molecule has 1 N–H and O–H groups in total. The van der Waals surface area contributed by atoms with Gasteiger partial charge in [-0.1, -0.05) is 11.6 Å². The summed E-state index contributed by atoms with van der Waals surface area (Å²) in [5.41, 5.74) is 0.647. The number of piperidine rings is 1. The van der Waals surface area contributed by atoms with Gasteiger partial charge >= 0.3 is 0 Å². The number of aryl methyl sites for hydroxylation is 1. The number of nitrogens with zero attached hydrogens (tertiary/aromatic N) is 1. The summed E-state index contributed by atoms with van der Waals surface area (Å²) in [4.78, 5) is 0.295. The van der Waals surface area contributed by atoms with Crippen LogP contribution in [0.5, 0.6) is 0 Å². The van der Waals surface area contributed by atoms with Crippen LogP contribution in [-0.2, 0) is 10.0 Å². The van der Waals surface area contributed by atoms with Gasteiger partial charge in [-0.05, 0) is 43.5 Å². The second-order valence-electron chi connectivity index (χ2n) is 4.55. The van der Waals surface area contributed by atoms with Crippen molar-refractivity contribution in [3.63, 3.8) is 0 Å². The molecule has 2 rings (SSSR count). The van der Waals surface area contributed by atoms with E-state index < -0.39 is 10.0 Å². The molecule has 1 aromatic carbocycles. The molecule has 1 aliphatic heterocycles. The number of benzene rings is 1. The molecule has 0 amide bonds. The Labute approximate surface area is 112 Å². The molecule has 1 aromatic rings. The van der Waals surface area contributed by atoms with Crippen molar-refractivity contribution in [3.05, 3.63) is 28.8 Å². The highest BCUT2D eigenvalue weighted by Crippen LogP contribution is 2.25. The lowest BCUT2D eigenvalue weighted by Gasteiger charge is -2.29. The van der Waals surface area contributed by atoms with Crippen molar-refractivity contribution in [2.75, 3.05) is 13.1 Å². The van der Waals surface area contributed by atoms with E-state index in [0.717, 1.165) is 0 Å². The van der Waals surface area contributed by atoms with Gasteiger partial charge in [0.2, 0.25) is 10.0 Å². The van der Waals surface area contributed by atoms with Crippen molar-refractivity contribution in [3.8, 4) is 0 Å². The Bertz CT molecular complexity index is 536. The first-order valence-electron chi connectivity index (χ1n) is 5.85. The normalized spacial score (nSPS) is 19.1. The average molecular weight is 290 g/mol. The van der Waals surface area contributed by atoms with Crippen LogP contribution < -0.4 is 0 Å². The van der Waals surface area contributed by atoms with E-state index in [9.17, 15) is 13.5 Å². The molecule has 1 saturated heterocycles. The van der Waals surface area contributed by atoms with Crippen LogP contribution in [0.1, 0.15) is 18.4 Å². The predicted octanol–water partition coefficient (Wildman–Crippen LogP) is 1.79. The van der Waals surface area contributed by atoms with E-state index >= 15 is 0 Å². The van der Waals surface area contributed by atoms with E-state index in [4.69, 9.17) is 11.6 Å². The Hall–Kier alpha value is -0.620. The molecule has 0 atom stereocenters. The van der Waals surface area contributed by atoms with Crippen LogP contribution in [0.2, 0.25) is 5.02 Å². The standard InChI is InChI=1S/C12H16ClNO3S/c1-9-8-10(13)2-3-12(9)18(16,17)14-6-4-11(15)5-7-14/h2-3,8,11,15H,4-7H2,1H3. The van der Waals surface area contributed by atoms with Crippen LogP contribution in [0, 0.1) is 6.92 Å². The Kier molecular flexibility index (Phi) is 3.96. The van der Waals surface area contributed by atoms with Gasteiger partial charge in [-0.3, -0.25) is 0 Å². The molecule has 1 aliphatic rings. The van der Waals surface area contributed by atoms with Gasteiger partial charge in [0.25, 0.3) is 0 Å². The van der Waals surface area contributed by atoms with Crippen LogP contribution in [0.25, 0.3) is 0 Å². The minimum Gasteiger partial charge on any atom is -0.393 e. The van der Waals surface area contributed by atoms with E-state index in [-0.39, 0.29) is 6.10 Å². The number of sulfonamides is 1. The van der Waals surface area contributed by atoms with E-state index in [1.165, 1.54) is 10.4 Å². The quantitative estimate of drug-likeness (QED) is 0.903. The topological polar surface area (TPSA) is 57.6 Å². The summed E-state index contributed by atoms with van der Waals surface area (Å²) in [7, 11) is -3.47. The highest BCUT2D eigenvalue weighted by Gasteiger charge is 2.29. The van der Waals surface area contributed by atoms with Gasteiger partial charge in [0, 0.05) is 18.1 Å². The van der Waals surface area contributed by atoms with Gasteiger partial charge in [0.15, 0.2) is 0 Å². The maximum absolute atomic E-state index is 12.4. The second-order valence-corrected chi connectivity index (χ2v) is 6.89. The van der Waals surface area contributed by atoms with Crippen LogP contribution in [-0.4, -0.2) is 37.0 Å². The fourth-order valence-electron chi connectivity index (χ4n) is 2.12. The van der Waals surface area contributed by atoms with Crippen molar-refractivity contribution in [2.45, 2.75) is 30.8 Å². The number of hydrogen-bond donors (Lipinski definition) is 1. The molecule has 0 aliphatic carbocycles. The molecule has 1 heterocycles. The Morgan fingerprint density at radius 1 is 1.33 bits per heavy atom. The number of aliphatic hydroxyl groups is 1. The van der Waals surface area contributed by atoms with Crippen LogP contribution in [0.15, 0.2) is 23.1 Å². The zero-order chi connectivity index (χ0) is 13.3. The molecular formula is C12H16ClNO3S. The van der Waals surface area contributed by atoms with Gasteiger partial charge < -0.3 is 5.11 Å². The third-order valence-corrected chi connectivity index (χ3v) is 5.47. The lowest BCUT2D eigenvalue weighted by atomic mass is 10.1. The Morgan fingerprint density at radius 3 is 2.50 bits per heavy atom. The number of hydrogen-bond acceptors (Lipinski definition) is 3. The number of halogens is 1. The lowest BCUT2D eigenvalue weighted by molar-refractivity contribution is 0.113. The number of aliphatic hydroxyl groups excluding tert-OH is 1. The van der Waals surface area contributed by atoms with Crippen LogP contribution >= 0.6 is 11.6 Å². The zero-order valence-electron chi connectivity index (χ0n) is 10.1. The van der Waals surface area contributed by atoms with E-state index in [1.807, 2.05) is 0 Å². The molecular weight excluding hydrogens is 274 g/mol. The Morgan fingerprint density at radius 2 is 1.94 bits per heavy atom. The maximum atomic E-state index is 12.4. The van der Waals surface area contributed by atoms with Crippen LogP contribution in [0.3, 0.4) is 0 Å². The van der Waals surface area contributed by atoms with E-state index in [0.29, 0.717) is 41.4 Å². The van der Waals surface area contributed by atoms with Gasteiger partial charge in [-0.2, -0.15) is 4.31 Å². The smallest absolute Gasteiger partial charge is 0.243 e. The third kappa shape index (κ3) is 2.69. The first kappa shape index (κ1) is 13.8. The average Bonchev–Trinajstić information content (AvgIpc) is 2.29. The zero-order valence-corrected chi connectivity index (χ0v) is 11.7. The van der Waals surface area contributed by atoms with Gasteiger partial charge in [-0.15, -0.1) is 0 Å². The maximum Gasteiger partial charge on any atom is 0.243 e. The molecule has 0 spiro atoms. The summed E-state index contributed by atoms with van der Waals surface area (Å²) in [6.45, 7) is 2.47. The number of rotatable bonds is 2. The Balaban J connectivity index is 2.30. The lowest BCUT2D eigenvalue weighted by Crippen LogP contribution is -2.40.